The second-order valence-electron chi connectivity index (χ2n) is 5.99. The molecule has 0 N–H and O–H groups in total. The van der Waals surface area contributed by atoms with Gasteiger partial charge in [-0.3, -0.25) is 9.20 Å². The summed E-state index contributed by atoms with van der Waals surface area (Å²) in [5.41, 5.74) is 2.21. The van der Waals surface area contributed by atoms with Crippen LogP contribution in [0.5, 0.6) is 0 Å². The topological polar surface area (TPSA) is 39.3 Å². The summed E-state index contributed by atoms with van der Waals surface area (Å²) in [5, 5.41) is 2.35. The number of aromatic nitrogens is 3. The number of rotatable bonds is 2. The molecule has 4 aromatic rings. The molecule has 0 fully saturated rings. The average Bonchev–Trinajstić information content (AvgIpc) is 3.01. The van der Waals surface area contributed by atoms with Crippen molar-refractivity contribution in [2.24, 2.45) is 0 Å². The van der Waals surface area contributed by atoms with Crippen molar-refractivity contribution in [3.05, 3.63) is 81.1 Å². The summed E-state index contributed by atoms with van der Waals surface area (Å²) in [5.74, 6) is 0. The monoisotopic (exact) mass is 381 g/mol. The minimum atomic E-state index is -0.0725. The van der Waals surface area contributed by atoms with Gasteiger partial charge in [0, 0.05) is 18.1 Å². The van der Waals surface area contributed by atoms with Crippen LogP contribution < -0.4 is 5.56 Å². The fraction of sp³-hybridized carbons (Fsp3) is 0.158. The molecule has 4 nitrogen and oxygen atoms in total. The van der Waals surface area contributed by atoms with Gasteiger partial charge in [-0.25, -0.2) is 4.98 Å². The molecule has 120 valence electrons. The van der Waals surface area contributed by atoms with Gasteiger partial charge in [-0.15, -0.1) is 0 Å². The number of hydrogen-bond donors (Lipinski definition) is 0. The van der Waals surface area contributed by atoms with Gasteiger partial charge in [-0.05, 0) is 52.7 Å². The Balaban J connectivity index is 1.92. The summed E-state index contributed by atoms with van der Waals surface area (Å²) in [6.45, 7) is 3.96. The predicted molar refractivity (Wildman–Crippen MR) is 99.7 cm³/mol. The summed E-state index contributed by atoms with van der Waals surface area (Å²) in [7, 11) is 0. The third-order valence-electron chi connectivity index (χ3n) is 4.43. The maximum Gasteiger partial charge on any atom is 0.272 e. The highest BCUT2D eigenvalue weighted by Gasteiger charge is 2.18. The Labute approximate surface area is 147 Å². The SMILES string of the molecule is Cc1cccc2nc(C(C)n3cc4ccccc4c3)c(Br)c(=O)n12. The Kier molecular flexibility index (Phi) is 3.53. The largest absolute Gasteiger partial charge is 0.344 e. The standard InChI is InChI=1S/C19H16BrN3O/c1-12-6-5-9-16-21-18(17(20)19(24)23(12)16)13(2)22-10-14-7-3-4-8-15(14)11-22/h3-11,13H,1-2H3. The summed E-state index contributed by atoms with van der Waals surface area (Å²) < 4.78 is 4.25. The molecule has 0 bridgehead atoms. The van der Waals surface area contributed by atoms with Gasteiger partial charge in [-0.2, -0.15) is 0 Å². The van der Waals surface area contributed by atoms with E-state index in [1.165, 1.54) is 10.8 Å². The van der Waals surface area contributed by atoms with Gasteiger partial charge in [0.25, 0.3) is 5.56 Å². The molecule has 0 aliphatic heterocycles. The quantitative estimate of drug-likeness (QED) is 0.518. The van der Waals surface area contributed by atoms with Gasteiger partial charge >= 0.3 is 0 Å². The molecule has 3 heterocycles. The van der Waals surface area contributed by atoms with Gasteiger partial charge in [0.15, 0.2) is 0 Å². The van der Waals surface area contributed by atoms with E-state index in [9.17, 15) is 4.79 Å². The van der Waals surface area contributed by atoms with E-state index in [4.69, 9.17) is 4.98 Å². The second-order valence-corrected chi connectivity index (χ2v) is 6.78. The van der Waals surface area contributed by atoms with Gasteiger partial charge in [-0.1, -0.05) is 30.3 Å². The van der Waals surface area contributed by atoms with Crippen molar-refractivity contribution in [1.29, 1.82) is 0 Å². The Morgan fingerprint density at radius 3 is 2.38 bits per heavy atom. The Hall–Kier alpha value is -2.40. The summed E-state index contributed by atoms with van der Waals surface area (Å²) in [6.07, 6.45) is 4.18. The molecule has 0 aliphatic carbocycles. The van der Waals surface area contributed by atoms with Crippen molar-refractivity contribution >= 4 is 32.3 Å². The Bertz CT molecular complexity index is 1090. The number of aryl methyl sites for hydroxylation is 1. The van der Waals surface area contributed by atoms with Gasteiger partial charge in [0.2, 0.25) is 0 Å². The van der Waals surface area contributed by atoms with Gasteiger partial charge < -0.3 is 4.57 Å². The molecule has 0 spiro atoms. The third kappa shape index (κ3) is 2.27. The molecule has 0 amide bonds. The molecular formula is C19H16BrN3O. The van der Waals surface area contributed by atoms with E-state index < -0.39 is 0 Å². The third-order valence-corrected chi connectivity index (χ3v) is 5.18. The van der Waals surface area contributed by atoms with E-state index in [1.807, 2.05) is 37.3 Å². The second kappa shape index (κ2) is 5.60. The first-order valence-electron chi connectivity index (χ1n) is 7.80. The number of halogens is 1. The van der Waals surface area contributed by atoms with Crippen molar-refractivity contribution in [3.8, 4) is 0 Å². The molecular weight excluding hydrogens is 366 g/mol. The molecule has 0 radical (unpaired) electrons. The lowest BCUT2D eigenvalue weighted by atomic mass is 10.2. The predicted octanol–water partition coefficient (Wildman–Crippen LogP) is 4.33. The van der Waals surface area contributed by atoms with Crippen LogP contribution in [0.1, 0.15) is 24.4 Å². The summed E-state index contributed by atoms with van der Waals surface area (Å²) in [4.78, 5) is 17.5. The Morgan fingerprint density at radius 1 is 1.04 bits per heavy atom. The normalized spacial score (nSPS) is 12.8. The fourth-order valence-corrected chi connectivity index (χ4v) is 3.68. The lowest BCUT2D eigenvalue weighted by molar-refractivity contribution is 0.620. The zero-order valence-electron chi connectivity index (χ0n) is 13.4. The smallest absolute Gasteiger partial charge is 0.272 e. The molecule has 0 saturated heterocycles. The van der Waals surface area contributed by atoms with Crippen LogP contribution >= 0.6 is 15.9 Å². The summed E-state index contributed by atoms with van der Waals surface area (Å²) >= 11 is 3.47. The van der Waals surface area contributed by atoms with Crippen LogP contribution in [0, 0.1) is 6.92 Å². The van der Waals surface area contributed by atoms with Crippen molar-refractivity contribution in [2.75, 3.05) is 0 Å². The lowest BCUT2D eigenvalue weighted by Gasteiger charge is -2.16. The van der Waals surface area contributed by atoms with Crippen LogP contribution in [0.25, 0.3) is 16.4 Å². The van der Waals surface area contributed by atoms with Gasteiger partial charge in [0.05, 0.1) is 11.7 Å². The van der Waals surface area contributed by atoms with E-state index >= 15 is 0 Å². The number of benzene rings is 1. The van der Waals surface area contributed by atoms with Crippen molar-refractivity contribution in [1.82, 2.24) is 14.0 Å². The zero-order chi connectivity index (χ0) is 16.8. The highest BCUT2D eigenvalue weighted by atomic mass is 79.9. The van der Waals surface area contributed by atoms with Crippen molar-refractivity contribution < 1.29 is 0 Å². The summed E-state index contributed by atoms with van der Waals surface area (Å²) in [6, 6.07) is 13.9. The minimum Gasteiger partial charge on any atom is -0.344 e. The van der Waals surface area contributed by atoms with Crippen molar-refractivity contribution in [2.45, 2.75) is 19.9 Å². The molecule has 0 aliphatic rings. The van der Waals surface area contributed by atoms with E-state index in [-0.39, 0.29) is 11.6 Å². The molecule has 1 atom stereocenters. The van der Waals surface area contributed by atoms with E-state index in [0.29, 0.717) is 10.1 Å². The van der Waals surface area contributed by atoms with Crippen LogP contribution in [0.3, 0.4) is 0 Å². The van der Waals surface area contributed by atoms with Gasteiger partial charge in [0.1, 0.15) is 10.1 Å². The maximum atomic E-state index is 12.7. The highest BCUT2D eigenvalue weighted by Crippen LogP contribution is 2.26. The van der Waals surface area contributed by atoms with E-state index in [1.54, 1.807) is 4.40 Å². The van der Waals surface area contributed by atoms with E-state index in [2.05, 4.69) is 51.9 Å². The maximum absolute atomic E-state index is 12.7. The van der Waals surface area contributed by atoms with Crippen LogP contribution in [0.2, 0.25) is 0 Å². The zero-order valence-corrected chi connectivity index (χ0v) is 15.0. The minimum absolute atomic E-state index is 0.0509. The molecule has 1 unspecified atom stereocenters. The Morgan fingerprint density at radius 2 is 1.71 bits per heavy atom. The average molecular weight is 382 g/mol. The first kappa shape index (κ1) is 15.1. The van der Waals surface area contributed by atoms with E-state index in [0.717, 1.165) is 11.4 Å². The molecule has 4 rings (SSSR count). The van der Waals surface area contributed by atoms with Crippen LogP contribution in [0.4, 0.5) is 0 Å². The number of nitrogens with zero attached hydrogens (tertiary/aromatic N) is 3. The lowest BCUT2D eigenvalue weighted by Crippen LogP contribution is -2.22. The molecule has 1 aromatic carbocycles. The molecule has 3 aromatic heterocycles. The molecule has 0 saturated carbocycles. The number of fused-ring (bicyclic) bond motifs is 2. The number of hydrogen-bond acceptors (Lipinski definition) is 2. The molecule has 24 heavy (non-hydrogen) atoms. The van der Waals surface area contributed by atoms with Crippen LogP contribution in [-0.2, 0) is 0 Å². The van der Waals surface area contributed by atoms with Crippen molar-refractivity contribution in [3.63, 3.8) is 0 Å². The highest BCUT2D eigenvalue weighted by molar-refractivity contribution is 9.10. The first-order valence-corrected chi connectivity index (χ1v) is 8.59. The molecule has 5 heteroatoms. The number of pyridine rings is 1. The fourth-order valence-electron chi connectivity index (χ4n) is 3.08. The first-order chi connectivity index (χ1) is 11.6. The van der Waals surface area contributed by atoms with Crippen LogP contribution in [0.15, 0.2) is 64.1 Å². The van der Waals surface area contributed by atoms with Crippen LogP contribution in [-0.4, -0.2) is 14.0 Å².